The fourth-order valence-corrected chi connectivity index (χ4v) is 2.07. The fraction of sp³-hybridized carbons (Fsp3) is 0.400. The van der Waals surface area contributed by atoms with Crippen molar-refractivity contribution in [1.29, 1.82) is 0 Å². The molecule has 0 aliphatic rings. The second-order valence-corrected chi connectivity index (χ2v) is 6.13. The van der Waals surface area contributed by atoms with Gasteiger partial charge >= 0.3 is 0 Å². The number of halogens is 1. The van der Waals surface area contributed by atoms with Crippen molar-refractivity contribution < 1.29 is 0 Å². The first-order valence-electron chi connectivity index (χ1n) is 6.45. The van der Waals surface area contributed by atoms with Crippen LogP contribution in [0.15, 0.2) is 42.7 Å². The molecule has 0 amide bonds. The SMILES string of the molecule is CC(C)(C)NCC(c1ccccc1)n1cc(Cl)cn1. The third-order valence-electron chi connectivity index (χ3n) is 2.90. The van der Waals surface area contributed by atoms with Crippen LogP contribution in [0.2, 0.25) is 5.02 Å². The molecule has 2 aromatic rings. The minimum absolute atomic E-state index is 0.0734. The molecule has 3 nitrogen and oxygen atoms in total. The smallest absolute Gasteiger partial charge is 0.0893 e. The van der Waals surface area contributed by atoms with Crippen LogP contribution < -0.4 is 5.32 Å². The molecule has 19 heavy (non-hydrogen) atoms. The minimum Gasteiger partial charge on any atom is -0.310 e. The molecule has 1 N–H and O–H groups in total. The Morgan fingerprint density at radius 1 is 1.26 bits per heavy atom. The molecule has 0 radical (unpaired) electrons. The maximum Gasteiger partial charge on any atom is 0.0893 e. The largest absolute Gasteiger partial charge is 0.310 e. The van der Waals surface area contributed by atoms with Crippen molar-refractivity contribution in [3.8, 4) is 0 Å². The number of rotatable bonds is 4. The van der Waals surface area contributed by atoms with Crippen LogP contribution in [-0.2, 0) is 0 Å². The summed E-state index contributed by atoms with van der Waals surface area (Å²) in [6.45, 7) is 7.28. The van der Waals surface area contributed by atoms with Gasteiger partial charge in [0.2, 0.25) is 0 Å². The second kappa shape index (κ2) is 5.76. The minimum atomic E-state index is 0.0734. The summed E-state index contributed by atoms with van der Waals surface area (Å²) >= 11 is 5.98. The first-order chi connectivity index (χ1) is 8.96. The summed E-state index contributed by atoms with van der Waals surface area (Å²) in [6.07, 6.45) is 3.54. The van der Waals surface area contributed by atoms with Gasteiger partial charge in [-0.25, -0.2) is 0 Å². The molecule has 0 bridgehead atoms. The average Bonchev–Trinajstić information content (AvgIpc) is 2.76. The van der Waals surface area contributed by atoms with Crippen LogP contribution in [0.25, 0.3) is 0 Å². The van der Waals surface area contributed by atoms with E-state index in [0.717, 1.165) is 6.54 Å². The molecule has 1 atom stereocenters. The van der Waals surface area contributed by atoms with E-state index in [9.17, 15) is 0 Å². The van der Waals surface area contributed by atoms with Crippen molar-refractivity contribution in [2.75, 3.05) is 6.54 Å². The predicted octanol–water partition coefficient (Wildman–Crippen LogP) is 3.51. The van der Waals surface area contributed by atoms with Crippen LogP contribution >= 0.6 is 11.6 Å². The summed E-state index contributed by atoms with van der Waals surface area (Å²) in [5.74, 6) is 0. The first-order valence-corrected chi connectivity index (χ1v) is 6.83. The van der Waals surface area contributed by atoms with E-state index >= 15 is 0 Å². The van der Waals surface area contributed by atoms with Gasteiger partial charge in [-0.3, -0.25) is 4.68 Å². The van der Waals surface area contributed by atoms with Gasteiger partial charge in [0.05, 0.1) is 17.3 Å². The van der Waals surface area contributed by atoms with Gasteiger partial charge in [0.25, 0.3) is 0 Å². The van der Waals surface area contributed by atoms with E-state index in [1.165, 1.54) is 5.56 Å². The summed E-state index contributed by atoms with van der Waals surface area (Å²) in [7, 11) is 0. The Morgan fingerprint density at radius 3 is 2.47 bits per heavy atom. The van der Waals surface area contributed by atoms with Gasteiger partial charge in [-0.15, -0.1) is 0 Å². The molecule has 0 aliphatic heterocycles. The normalized spacial score (nSPS) is 13.5. The number of hydrogen-bond donors (Lipinski definition) is 1. The Labute approximate surface area is 119 Å². The lowest BCUT2D eigenvalue weighted by Gasteiger charge is -2.26. The summed E-state index contributed by atoms with van der Waals surface area (Å²) in [4.78, 5) is 0. The van der Waals surface area contributed by atoms with Crippen molar-refractivity contribution in [2.45, 2.75) is 32.4 Å². The highest BCUT2D eigenvalue weighted by Gasteiger charge is 2.18. The molecule has 2 rings (SSSR count). The van der Waals surface area contributed by atoms with Crippen molar-refractivity contribution in [2.24, 2.45) is 0 Å². The lowest BCUT2D eigenvalue weighted by atomic mass is 10.0. The molecule has 0 saturated heterocycles. The summed E-state index contributed by atoms with van der Waals surface area (Å²) in [5.41, 5.74) is 1.29. The Bertz CT molecular complexity index is 514. The van der Waals surface area contributed by atoms with Crippen molar-refractivity contribution >= 4 is 11.6 Å². The average molecular weight is 278 g/mol. The number of nitrogens with zero attached hydrogens (tertiary/aromatic N) is 2. The highest BCUT2D eigenvalue weighted by molar-refractivity contribution is 6.30. The van der Waals surface area contributed by atoms with Crippen LogP contribution in [0.3, 0.4) is 0 Å². The maximum atomic E-state index is 5.98. The molecule has 1 heterocycles. The first kappa shape index (κ1) is 14.1. The molecule has 4 heteroatoms. The summed E-state index contributed by atoms with van der Waals surface area (Å²) < 4.78 is 1.91. The number of benzene rings is 1. The molecule has 0 fully saturated rings. The van der Waals surface area contributed by atoms with Crippen molar-refractivity contribution in [3.63, 3.8) is 0 Å². The van der Waals surface area contributed by atoms with Crippen LogP contribution in [0, 0.1) is 0 Å². The van der Waals surface area contributed by atoms with Crippen LogP contribution in [0.1, 0.15) is 32.4 Å². The van der Waals surface area contributed by atoms with Crippen LogP contribution in [-0.4, -0.2) is 21.9 Å². The third-order valence-corrected chi connectivity index (χ3v) is 3.09. The molecule has 1 aromatic heterocycles. The Hall–Kier alpha value is -1.32. The van der Waals surface area contributed by atoms with Crippen molar-refractivity contribution in [3.05, 3.63) is 53.3 Å². The fourth-order valence-electron chi connectivity index (χ4n) is 1.93. The van der Waals surface area contributed by atoms with E-state index in [1.807, 2.05) is 29.1 Å². The lowest BCUT2D eigenvalue weighted by molar-refractivity contribution is 0.378. The Balaban J connectivity index is 2.24. The van der Waals surface area contributed by atoms with E-state index in [4.69, 9.17) is 11.6 Å². The van der Waals surface area contributed by atoms with E-state index in [2.05, 4.69) is 43.3 Å². The molecule has 102 valence electrons. The third kappa shape index (κ3) is 4.08. The van der Waals surface area contributed by atoms with Gasteiger partial charge in [-0.2, -0.15) is 5.10 Å². The van der Waals surface area contributed by atoms with Crippen LogP contribution in [0.5, 0.6) is 0 Å². The van der Waals surface area contributed by atoms with Crippen molar-refractivity contribution in [1.82, 2.24) is 15.1 Å². The molecule has 1 aromatic carbocycles. The summed E-state index contributed by atoms with van der Waals surface area (Å²) in [6, 6.07) is 10.5. The zero-order valence-corrected chi connectivity index (χ0v) is 12.4. The predicted molar refractivity (Wildman–Crippen MR) is 79.6 cm³/mol. The van der Waals surface area contributed by atoms with Crippen LogP contribution in [0.4, 0.5) is 0 Å². The standard InChI is InChI=1S/C15H20ClN3/c1-15(2,3)17-10-14(12-7-5-4-6-8-12)19-11-13(16)9-18-19/h4-9,11,14,17H,10H2,1-3H3. The van der Waals surface area contributed by atoms with E-state index in [1.54, 1.807) is 6.20 Å². The van der Waals surface area contributed by atoms with Gasteiger partial charge in [-0.05, 0) is 26.3 Å². The quantitative estimate of drug-likeness (QED) is 0.927. The zero-order valence-electron chi connectivity index (χ0n) is 11.6. The van der Waals surface area contributed by atoms with Gasteiger partial charge in [0.15, 0.2) is 0 Å². The molecule has 1 unspecified atom stereocenters. The highest BCUT2D eigenvalue weighted by atomic mass is 35.5. The topological polar surface area (TPSA) is 29.9 Å². The summed E-state index contributed by atoms with van der Waals surface area (Å²) in [5, 5.41) is 8.53. The van der Waals surface area contributed by atoms with Gasteiger partial charge in [-0.1, -0.05) is 41.9 Å². The molecular weight excluding hydrogens is 258 g/mol. The zero-order chi connectivity index (χ0) is 13.9. The maximum absolute atomic E-state index is 5.98. The number of hydrogen-bond acceptors (Lipinski definition) is 2. The number of aromatic nitrogens is 2. The Kier molecular flexibility index (Phi) is 4.27. The Morgan fingerprint density at radius 2 is 1.95 bits per heavy atom. The molecule has 0 aliphatic carbocycles. The van der Waals surface area contributed by atoms with Gasteiger partial charge in [0, 0.05) is 18.3 Å². The molecule has 0 saturated carbocycles. The van der Waals surface area contributed by atoms with E-state index < -0.39 is 0 Å². The van der Waals surface area contributed by atoms with E-state index in [-0.39, 0.29) is 11.6 Å². The lowest BCUT2D eigenvalue weighted by Crippen LogP contribution is -2.40. The molecule has 0 spiro atoms. The molecular formula is C15H20ClN3. The van der Waals surface area contributed by atoms with Gasteiger partial charge in [0.1, 0.15) is 0 Å². The second-order valence-electron chi connectivity index (χ2n) is 5.70. The highest BCUT2D eigenvalue weighted by Crippen LogP contribution is 2.19. The van der Waals surface area contributed by atoms with E-state index in [0.29, 0.717) is 5.02 Å². The number of nitrogens with one attached hydrogen (secondary N) is 1. The monoisotopic (exact) mass is 277 g/mol. The van der Waals surface area contributed by atoms with Gasteiger partial charge < -0.3 is 5.32 Å².